The van der Waals surface area contributed by atoms with Gasteiger partial charge >= 0.3 is 0 Å². The lowest BCUT2D eigenvalue weighted by molar-refractivity contribution is -0.119. The van der Waals surface area contributed by atoms with Crippen LogP contribution in [0.2, 0.25) is 0 Å². The predicted octanol–water partition coefficient (Wildman–Crippen LogP) is 6.50. The van der Waals surface area contributed by atoms with Crippen molar-refractivity contribution in [1.82, 2.24) is 5.32 Å². The number of ketones is 1. The molecule has 0 radical (unpaired) electrons. The van der Waals surface area contributed by atoms with E-state index < -0.39 is 11.8 Å². The highest BCUT2D eigenvalue weighted by molar-refractivity contribution is 7.98. The van der Waals surface area contributed by atoms with Crippen molar-refractivity contribution in [2.75, 3.05) is 6.54 Å². The summed E-state index contributed by atoms with van der Waals surface area (Å²) in [5, 5.41) is 5.13. The Balaban J connectivity index is 1.54. The van der Waals surface area contributed by atoms with Crippen molar-refractivity contribution in [2.24, 2.45) is 5.73 Å². The van der Waals surface area contributed by atoms with Gasteiger partial charge in [0.2, 0.25) is 5.91 Å². The van der Waals surface area contributed by atoms with Gasteiger partial charge in [0, 0.05) is 27.7 Å². The van der Waals surface area contributed by atoms with Crippen molar-refractivity contribution in [3.63, 3.8) is 0 Å². The van der Waals surface area contributed by atoms with Crippen molar-refractivity contribution in [1.29, 1.82) is 0 Å². The van der Waals surface area contributed by atoms with E-state index in [0.29, 0.717) is 23.1 Å². The third kappa shape index (κ3) is 6.90. The normalized spacial score (nSPS) is 11.7. The van der Waals surface area contributed by atoms with Crippen LogP contribution in [-0.2, 0) is 10.5 Å². The fourth-order valence-corrected chi connectivity index (χ4v) is 5.41. The monoisotopic (exact) mass is 524 g/mol. The number of carbonyl (C=O) groups excluding carboxylic acids is 3. The summed E-state index contributed by atoms with van der Waals surface area (Å²) in [6.45, 7) is 1.94. The number of nitrogens with one attached hydrogen (secondary N) is 1. The Morgan fingerprint density at radius 2 is 1.61 bits per heavy atom. The van der Waals surface area contributed by atoms with Gasteiger partial charge in [-0.2, -0.15) is 0 Å². The third-order valence-corrected chi connectivity index (χ3v) is 7.64. The number of rotatable bonds is 12. The number of carbonyl (C=O) groups is 3. The lowest BCUT2D eigenvalue weighted by atomic mass is 9.86. The average Bonchev–Trinajstić information content (AvgIpc) is 2.95. The second-order valence-corrected chi connectivity index (χ2v) is 10.3. The highest BCUT2D eigenvalue weighted by Gasteiger charge is 2.25. The van der Waals surface area contributed by atoms with Crippen molar-refractivity contribution < 1.29 is 14.4 Å². The molecule has 5 nitrogen and oxygen atoms in total. The van der Waals surface area contributed by atoms with E-state index in [1.165, 1.54) is 16.3 Å². The number of amides is 2. The van der Waals surface area contributed by atoms with Crippen LogP contribution in [0.15, 0.2) is 95.9 Å². The number of benzene rings is 4. The largest absolute Gasteiger partial charge is 0.366 e. The number of fused-ring (bicyclic) bond motifs is 1. The molecule has 2 amide bonds. The fraction of sp³-hybridized carbons (Fsp3) is 0.219. The first kappa shape index (κ1) is 27.1. The first-order valence-electron chi connectivity index (χ1n) is 12.9. The maximum atomic E-state index is 13.4. The van der Waals surface area contributed by atoms with Crippen molar-refractivity contribution in [3.8, 4) is 0 Å². The molecule has 0 saturated heterocycles. The number of nitrogens with two attached hydrogens (primary N) is 1. The molecule has 0 heterocycles. The molecule has 194 valence electrons. The minimum Gasteiger partial charge on any atom is -0.366 e. The molecule has 3 N–H and O–H groups in total. The van der Waals surface area contributed by atoms with Crippen LogP contribution in [0.5, 0.6) is 0 Å². The molecule has 0 spiro atoms. The number of hydrogen-bond donors (Lipinski definition) is 2. The molecule has 1 atom stereocenters. The Morgan fingerprint density at radius 3 is 2.34 bits per heavy atom. The lowest BCUT2D eigenvalue weighted by Gasteiger charge is -2.20. The summed E-state index contributed by atoms with van der Waals surface area (Å²) in [6, 6.07) is 29.0. The number of unbranched alkanes of at least 4 members (excludes halogenated alkanes) is 1. The van der Waals surface area contributed by atoms with Crippen LogP contribution in [0.1, 0.15) is 63.9 Å². The van der Waals surface area contributed by atoms with E-state index >= 15 is 0 Å². The second-order valence-electron chi connectivity index (χ2n) is 9.29. The van der Waals surface area contributed by atoms with Crippen LogP contribution >= 0.6 is 11.8 Å². The smallest absolute Gasteiger partial charge is 0.251 e. The van der Waals surface area contributed by atoms with Gasteiger partial charge in [-0.05, 0) is 58.7 Å². The molecule has 0 aliphatic heterocycles. The molecule has 0 fully saturated rings. The summed E-state index contributed by atoms with van der Waals surface area (Å²) >= 11 is 1.65. The van der Waals surface area contributed by atoms with Gasteiger partial charge in [0.05, 0.1) is 6.54 Å². The fourth-order valence-electron chi connectivity index (χ4n) is 4.52. The first-order chi connectivity index (χ1) is 18.5. The summed E-state index contributed by atoms with van der Waals surface area (Å²) < 4.78 is 0. The zero-order chi connectivity index (χ0) is 26.9. The van der Waals surface area contributed by atoms with Gasteiger partial charge in [0.15, 0.2) is 5.78 Å². The Morgan fingerprint density at radius 1 is 0.868 bits per heavy atom. The second kappa shape index (κ2) is 13.1. The zero-order valence-corrected chi connectivity index (χ0v) is 22.3. The molecular weight excluding hydrogens is 492 g/mol. The van der Waals surface area contributed by atoms with E-state index in [9.17, 15) is 14.4 Å². The molecule has 38 heavy (non-hydrogen) atoms. The summed E-state index contributed by atoms with van der Waals surface area (Å²) in [5.41, 5.74) is 8.39. The summed E-state index contributed by atoms with van der Waals surface area (Å²) in [5.74, 6) is -0.783. The minimum atomic E-state index is -0.561. The molecule has 4 rings (SSSR count). The zero-order valence-electron chi connectivity index (χ0n) is 21.5. The van der Waals surface area contributed by atoms with E-state index in [-0.39, 0.29) is 18.2 Å². The summed E-state index contributed by atoms with van der Waals surface area (Å²) in [4.78, 5) is 39.2. The van der Waals surface area contributed by atoms with E-state index in [1.54, 1.807) is 42.1 Å². The van der Waals surface area contributed by atoms with Gasteiger partial charge < -0.3 is 11.1 Å². The van der Waals surface area contributed by atoms with E-state index in [4.69, 9.17) is 5.73 Å². The van der Waals surface area contributed by atoms with Crippen LogP contribution in [0.3, 0.4) is 0 Å². The standard InChI is InChI=1S/C32H32N2O3S/c1-2-3-13-27(30(35)20-34-32(37)24-10-5-4-6-11-24)29-19-26(16-17-28(29)31(33)36)38-21-22-14-15-23-9-7-8-12-25(23)18-22/h4-12,14-19,27H,2-3,13,20-21H2,1H3,(H2,33,36)(H,34,37). The maximum absolute atomic E-state index is 13.4. The van der Waals surface area contributed by atoms with Crippen molar-refractivity contribution in [3.05, 3.63) is 113 Å². The van der Waals surface area contributed by atoms with E-state index in [1.807, 2.05) is 30.3 Å². The number of Topliss-reactive ketones (excluding diaryl/α,β-unsaturated/α-hetero) is 1. The Bertz CT molecular complexity index is 1440. The molecule has 0 aliphatic rings. The van der Waals surface area contributed by atoms with Crippen LogP contribution in [0.4, 0.5) is 0 Å². The Kier molecular flexibility index (Phi) is 9.33. The molecule has 4 aromatic rings. The molecule has 0 bridgehead atoms. The van der Waals surface area contributed by atoms with Crippen LogP contribution in [-0.4, -0.2) is 24.1 Å². The summed E-state index contributed by atoms with van der Waals surface area (Å²) in [7, 11) is 0. The van der Waals surface area contributed by atoms with E-state index in [2.05, 4.69) is 42.6 Å². The van der Waals surface area contributed by atoms with Crippen molar-refractivity contribution in [2.45, 2.75) is 42.8 Å². The molecule has 1 unspecified atom stereocenters. The van der Waals surface area contributed by atoms with Gasteiger partial charge in [-0.3, -0.25) is 14.4 Å². The lowest BCUT2D eigenvalue weighted by Crippen LogP contribution is -2.33. The molecule has 0 aliphatic carbocycles. The average molecular weight is 525 g/mol. The molecule has 4 aromatic carbocycles. The predicted molar refractivity (Wildman–Crippen MR) is 155 cm³/mol. The topological polar surface area (TPSA) is 89.3 Å². The number of thioether (sulfide) groups is 1. The van der Waals surface area contributed by atoms with Crippen LogP contribution in [0, 0.1) is 0 Å². The quantitative estimate of drug-likeness (QED) is 0.207. The van der Waals surface area contributed by atoms with E-state index in [0.717, 1.165) is 23.5 Å². The molecule has 0 saturated carbocycles. The van der Waals surface area contributed by atoms with Gasteiger partial charge in [-0.1, -0.05) is 80.4 Å². The first-order valence-corrected chi connectivity index (χ1v) is 13.8. The number of hydrogen-bond acceptors (Lipinski definition) is 4. The molecule has 6 heteroatoms. The summed E-state index contributed by atoms with van der Waals surface area (Å²) in [6.07, 6.45) is 2.30. The highest BCUT2D eigenvalue weighted by atomic mass is 32.2. The highest BCUT2D eigenvalue weighted by Crippen LogP contribution is 2.32. The molecular formula is C32H32N2O3S. The Hall–Kier alpha value is -3.90. The van der Waals surface area contributed by atoms with Gasteiger partial charge in [0.1, 0.15) is 0 Å². The minimum absolute atomic E-state index is 0.116. The number of primary amides is 1. The molecule has 0 aromatic heterocycles. The van der Waals surface area contributed by atoms with Crippen LogP contribution < -0.4 is 11.1 Å². The van der Waals surface area contributed by atoms with Gasteiger partial charge in [-0.25, -0.2) is 0 Å². The van der Waals surface area contributed by atoms with Crippen LogP contribution in [0.25, 0.3) is 10.8 Å². The van der Waals surface area contributed by atoms with Gasteiger partial charge in [-0.15, -0.1) is 11.8 Å². The third-order valence-electron chi connectivity index (χ3n) is 6.58. The maximum Gasteiger partial charge on any atom is 0.251 e. The Labute approximate surface area is 227 Å². The SMILES string of the molecule is CCCCC(C(=O)CNC(=O)c1ccccc1)c1cc(SCc2ccc3ccccc3c2)ccc1C(N)=O. The van der Waals surface area contributed by atoms with Crippen molar-refractivity contribution >= 4 is 40.1 Å². The van der Waals surface area contributed by atoms with Gasteiger partial charge in [0.25, 0.3) is 5.91 Å².